The number of carbonyl (C=O) groups is 2. The van der Waals surface area contributed by atoms with E-state index in [0.29, 0.717) is 13.0 Å². The van der Waals surface area contributed by atoms with E-state index < -0.39 is 0 Å². The number of nitrogens with zero attached hydrogens (tertiary/aromatic N) is 1. The molecule has 1 heterocycles. The van der Waals surface area contributed by atoms with Crippen LogP contribution in [0.5, 0.6) is 0 Å². The molecule has 2 amide bonds. The molecule has 0 radical (unpaired) electrons. The van der Waals surface area contributed by atoms with Crippen molar-refractivity contribution in [1.82, 2.24) is 15.5 Å². The average Bonchev–Trinajstić information content (AvgIpc) is 2.70. The fourth-order valence-electron chi connectivity index (χ4n) is 1.55. The molecule has 0 aromatic rings. The van der Waals surface area contributed by atoms with E-state index in [0.717, 1.165) is 19.4 Å². The van der Waals surface area contributed by atoms with Crippen molar-refractivity contribution in [2.24, 2.45) is 0 Å². The minimum Gasteiger partial charge on any atom is -0.354 e. The average molecular weight is 213 g/mol. The van der Waals surface area contributed by atoms with Gasteiger partial charge in [-0.05, 0) is 19.4 Å². The molecular weight excluding hydrogens is 194 g/mol. The molecule has 1 unspecified atom stereocenters. The Morgan fingerprint density at radius 1 is 1.47 bits per heavy atom. The Morgan fingerprint density at radius 2 is 2.20 bits per heavy atom. The lowest BCUT2D eigenvalue weighted by Gasteiger charge is -2.12. The molecule has 0 bridgehead atoms. The highest BCUT2D eigenvalue weighted by Gasteiger charge is 2.21. The monoisotopic (exact) mass is 213 g/mol. The molecule has 2 N–H and O–H groups in total. The highest BCUT2D eigenvalue weighted by Crippen LogP contribution is 2.04. The molecule has 86 valence electrons. The Kier molecular flexibility index (Phi) is 4.55. The van der Waals surface area contributed by atoms with Crippen LogP contribution in [0.3, 0.4) is 0 Å². The van der Waals surface area contributed by atoms with Crippen LogP contribution in [0, 0.1) is 0 Å². The Balaban J connectivity index is 2.14. The maximum atomic E-state index is 11.5. The summed E-state index contributed by atoms with van der Waals surface area (Å²) in [6.07, 6.45) is 2.31. The van der Waals surface area contributed by atoms with E-state index in [-0.39, 0.29) is 17.9 Å². The van der Waals surface area contributed by atoms with Crippen LogP contribution >= 0.6 is 0 Å². The Morgan fingerprint density at radius 3 is 2.73 bits per heavy atom. The van der Waals surface area contributed by atoms with E-state index in [1.165, 1.54) is 4.90 Å². The SMILES string of the molecule is CN(C)C(=O)CCNC(=O)C1CCCN1. The van der Waals surface area contributed by atoms with Crippen molar-refractivity contribution in [2.45, 2.75) is 25.3 Å². The van der Waals surface area contributed by atoms with Gasteiger partial charge in [-0.3, -0.25) is 9.59 Å². The summed E-state index contributed by atoms with van der Waals surface area (Å²) in [5.74, 6) is 0.0498. The zero-order valence-corrected chi connectivity index (χ0v) is 9.38. The maximum Gasteiger partial charge on any atom is 0.237 e. The summed E-state index contributed by atoms with van der Waals surface area (Å²) >= 11 is 0. The van der Waals surface area contributed by atoms with Crippen molar-refractivity contribution in [3.8, 4) is 0 Å². The molecule has 5 heteroatoms. The summed E-state index contributed by atoms with van der Waals surface area (Å²) in [6, 6.07) is -0.0561. The van der Waals surface area contributed by atoms with Gasteiger partial charge < -0.3 is 15.5 Å². The van der Waals surface area contributed by atoms with Crippen LogP contribution in [0.2, 0.25) is 0 Å². The number of hydrogen-bond acceptors (Lipinski definition) is 3. The molecule has 0 saturated carbocycles. The Bertz CT molecular complexity index is 235. The molecule has 5 nitrogen and oxygen atoms in total. The summed E-state index contributed by atoms with van der Waals surface area (Å²) in [6.45, 7) is 1.34. The van der Waals surface area contributed by atoms with Crippen LogP contribution in [-0.2, 0) is 9.59 Å². The van der Waals surface area contributed by atoms with E-state index in [9.17, 15) is 9.59 Å². The van der Waals surface area contributed by atoms with Crippen LogP contribution in [0.4, 0.5) is 0 Å². The first-order valence-corrected chi connectivity index (χ1v) is 5.32. The summed E-state index contributed by atoms with van der Waals surface area (Å²) in [5, 5.41) is 5.87. The van der Waals surface area contributed by atoms with Crippen molar-refractivity contribution in [2.75, 3.05) is 27.2 Å². The standard InChI is InChI=1S/C10H19N3O2/c1-13(2)9(14)5-7-12-10(15)8-4-3-6-11-8/h8,11H,3-7H2,1-2H3,(H,12,15). The van der Waals surface area contributed by atoms with Crippen LogP contribution in [0.15, 0.2) is 0 Å². The highest BCUT2D eigenvalue weighted by atomic mass is 16.2. The molecule has 1 rings (SSSR count). The quantitative estimate of drug-likeness (QED) is 0.651. The van der Waals surface area contributed by atoms with E-state index in [2.05, 4.69) is 10.6 Å². The molecular formula is C10H19N3O2. The van der Waals surface area contributed by atoms with E-state index in [1.807, 2.05) is 0 Å². The number of hydrogen-bond donors (Lipinski definition) is 2. The fourth-order valence-corrected chi connectivity index (χ4v) is 1.55. The van der Waals surface area contributed by atoms with Crippen LogP contribution in [0.25, 0.3) is 0 Å². The number of carbonyl (C=O) groups excluding carboxylic acids is 2. The van der Waals surface area contributed by atoms with E-state index >= 15 is 0 Å². The molecule has 1 saturated heterocycles. The number of rotatable bonds is 4. The minimum absolute atomic E-state index is 0.0130. The molecule has 1 aliphatic heterocycles. The third-order valence-electron chi connectivity index (χ3n) is 2.51. The van der Waals surface area contributed by atoms with Crippen LogP contribution in [-0.4, -0.2) is 49.9 Å². The Hall–Kier alpha value is -1.10. The predicted molar refractivity (Wildman–Crippen MR) is 57.3 cm³/mol. The van der Waals surface area contributed by atoms with Crippen LogP contribution in [0.1, 0.15) is 19.3 Å². The number of nitrogens with one attached hydrogen (secondary N) is 2. The third-order valence-corrected chi connectivity index (χ3v) is 2.51. The summed E-state index contributed by atoms with van der Waals surface area (Å²) in [5.41, 5.74) is 0. The van der Waals surface area contributed by atoms with Gasteiger partial charge in [0.05, 0.1) is 6.04 Å². The van der Waals surface area contributed by atoms with Crippen LogP contribution < -0.4 is 10.6 Å². The summed E-state index contributed by atoms with van der Waals surface area (Å²) in [7, 11) is 3.42. The van der Waals surface area contributed by atoms with Gasteiger partial charge in [0.25, 0.3) is 0 Å². The summed E-state index contributed by atoms with van der Waals surface area (Å²) in [4.78, 5) is 24.2. The molecule has 0 aromatic carbocycles. The second-order valence-electron chi connectivity index (χ2n) is 3.98. The van der Waals surface area contributed by atoms with Gasteiger partial charge in [0, 0.05) is 27.1 Å². The van der Waals surface area contributed by atoms with Gasteiger partial charge in [-0.25, -0.2) is 0 Å². The van der Waals surface area contributed by atoms with Crippen molar-refractivity contribution in [1.29, 1.82) is 0 Å². The molecule has 1 atom stereocenters. The van der Waals surface area contributed by atoms with Gasteiger partial charge >= 0.3 is 0 Å². The van der Waals surface area contributed by atoms with Gasteiger partial charge in [-0.1, -0.05) is 0 Å². The predicted octanol–water partition coefficient (Wildman–Crippen LogP) is -0.667. The molecule has 0 spiro atoms. The minimum atomic E-state index is -0.0561. The Labute approximate surface area is 90.2 Å². The first kappa shape index (κ1) is 12.0. The normalized spacial score (nSPS) is 20.0. The lowest BCUT2D eigenvalue weighted by molar-refractivity contribution is -0.128. The lowest BCUT2D eigenvalue weighted by Crippen LogP contribution is -2.41. The highest BCUT2D eigenvalue weighted by molar-refractivity contribution is 5.83. The lowest BCUT2D eigenvalue weighted by atomic mass is 10.2. The zero-order valence-electron chi connectivity index (χ0n) is 9.38. The molecule has 0 aliphatic carbocycles. The molecule has 15 heavy (non-hydrogen) atoms. The van der Waals surface area contributed by atoms with Gasteiger partial charge in [-0.15, -0.1) is 0 Å². The fraction of sp³-hybridized carbons (Fsp3) is 0.800. The molecule has 1 fully saturated rings. The van der Waals surface area contributed by atoms with Gasteiger partial charge in [0.2, 0.25) is 11.8 Å². The maximum absolute atomic E-state index is 11.5. The smallest absolute Gasteiger partial charge is 0.237 e. The van der Waals surface area contributed by atoms with E-state index in [1.54, 1.807) is 14.1 Å². The first-order valence-electron chi connectivity index (χ1n) is 5.32. The van der Waals surface area contributed by atoms with Gasteiger partial charge in [0.1, 0.15) is 0 Å². The number of amides is 2. The second kappa shape index (κ2) is 5.70. The largest absolute Gasteiger partial charge is 0.354 e. The van der Waals surface area contributed by atoms with Crippen molar-refractivity contribution in [3.63, 3.8) is 0 Å². The zero-order chi connectivity index (χ0) is 11.3. The van der Waals surface area contributed by atoms with Crippen molar-refractivity contribution in [3.05, 3.63) is 0 Å². The molecule has 1 aliphatic rings. The van der Waals surface area contributed by atoms with Crippen molar-refractivity contribution >= 4 is 11.8 Å². The van der Waals surface area contributed by atoms with Gasteiger partial charge in [0.15, 0.2) is 0 Å². The van der Waals surface area contributed by atoms with E-state index in [4.69, 9.17) is 0 Å². The first-order chi connectivity index (χ1) is 7.11. The summed E-state index contributed by atoms with van der Waals surface area (Å²) < 4.78 is 0. The topological polar surface area (TPSA) is 61.4 Å². The second-order valence-corrected chi connectivity index (χ2v) is 3.98. The third kappa shape index (κ3) is 3.87. The van der Waals surface area contributed by atoms with Crippen molar-refractivity contribution < 1.29 is 9.59 Å². The van der Waals surface area contributed by atoms with Gasteiger partial charge in [-0.2, -0.15) is 0 Å². The molecule has 0 aromatic heterocycles.